The molecule has 2 aliphatic rings. The standard InChI is InChI=1S/C13H15NO.ClH/c15-12(10-4-2-1-3-5-10)13-8-6-11(14-13)7-9-13;/h1-5,11,14H,6-9H2;1H. The molecule has 86 valence electrons. The van der Waals surface area contributed by atoms with Crippen molar-refractivity contribution in [3.05, 3.63) is 35.9 Å². The van der Waals surface area contributed by atoms with E-state index in [-0.39, 0.29) is 17.9 Å². The molecule has 2 fully saturated rings. The number of halogens is 1. The second kappa shape index (κ2) is 4.19. The number of fused-ring (bicyclic) bond motifs is 2. The second-order valence-electron chi connectivity index (χ2n) is 4.70. The molecule has 3 rings (SSSR count). The molecule has 2 bridgehead atoms. The third kappa shape index (κ3) is 1.66. The fraction of sp³-hybridized carbons (Fsp3) is 0.462. The number of rotatable bonds is 2. The predicted molar refractivity (Wildman–Crippen MR) is 66.1 cm³/mol. The monoisotopic (exact) mass is 237 g/mol. The van der Waals surface area contributed by atoms with E-state index < -0.39 is 0 Å². The van der Waals surface area contributed by atoms with E-state index >= 15 is 0 Å². The number of carbonyl (C=O) groups excluding carboxylic acids is 1. The maximum Gasteiger partial charge on any atom is 0.182 e. The van der Waals surface area contributed by atoms with Crippen LogP contribution < -0.4 is 5.32 Å². The molecule has 1 aromatic carbocycles. The minimum atomic E-state index is -0.216. The molecule has 1 N–H and O–H groups in total. The number of nitrogens with one attached hydrogen (secondary N) is 1. The third-order valence-electron chi connectivity index (χ3n) is 3.79. The Kier molecular flexibility index (Phi) is 3.04. The van der Waals surface area contributed by atoms with E-state index in [4.69, 9.17) is 0 Å². The Morgan fingerprint density at radius 1 is 1.19 bits per heavy atom. The molecule has 16 heavy (non-hydrogen) atoms. The zero-order valence-electron chi connectivity index (χ0n) is 9.11. The lowest BCUT2D eigenvalue weighted by molar-refractivity contribution is 0.0874. The van der Waals surface area contributed by atoms with Crippen LogP contribution >= 0.6 is 12.4 Å². The van der Waals surface area contributed by atoms with Crippen LogP contribution in [0.3, 0.4) is 0 Å². The highest BCUT2D eigenvalue weighted by Gasteiger charge is 2.49. The summed E-state index contributed by atoms with van der Waals surface area (Å²) in [6.07, 6.45) is 4.37. The van der Waals surface area contributed by atoms with E-state index in [0.717, 1.165) is 18.4 Å². The van der Waals surface area contributed by atoms with Gasteiger partial charge in [-0.05, 0) is 25.7 Å². The number of benzene rings is 1. The minimum Gasteiger partial charge on any atom is -0.302 e. The van der Waals surface area contributed by atoms with E-state index in [9.17, 15) is 4.79 Å². The molecule has 2 heterocycles. The van der Waals surface area contributed by atoms with Gasteiger partial charge < -0.3 is 5.32 Å². The Hall–Kier alpha value is -0.860. The first-order valence-corrected chi connectivity index (χ1v) is 5.68. The number of Topliss-reactive ketones (excluding diaryl/α,β-unsaturated/α-hetero) is 1. The smallest absolute Gasteiger partial charge is 0.182 e. The SMILES string of the molecule is Cl.O=C(c1ccccc1)C12CCC(CC1)N2. The first-order chi connectivity index (χ1) is 7.30. The Bertz CT molecular complexity index is 382. The summed E-state index contributed by atoms with van der Waals surface area (Å²) in [6.45, 7) is 0. The van der Waals surface area contributed by atoms with Gasteiger partial charge in [-0.3, -0.25) is 4.79 Å². The summed E-state index contributed by atoms with van der Waals surface area (Å²) in [5.74, 6) is 0.295. The fourth-order valence-electron chi connectivity index (χ4n) is 2.95. The maximum atomic E-state index is 12.4. The molecule has 0 radical (unpaired) electrons. The third-order valence-corrected chi connectivity index (χ3v) is 3.79. The highest BCUT2D eigenvalue weighted by molar-refractivity contribution is 6.03. The predicted octanol–water partition coefficient (Wildman–Crippen LogP) is 2.58. The van der Waals surface area contributed by atoms with Crippen molar-refractivity contribution in [2.24, 2.45) is 0 Å². The molecule has 0 spiro atoms. The molecule has 0 unspecified atom stereocenters. The van der Waals surface area contributed by atoms with Crippen molar-refractivity contribution in [2.75, 3.05) is 0 Å². The van der Waals surface area contributed by atoms with Crippen molar-refractivity contribution in [3.8, 4) is 0 Å². The van der Waals surface area contributed by atoms with E-state index in [2.05, 4.69) is 5.32 Å². The summed E-state index contributed by atoms with van der Waals surface area (Å²) >= 11 is 0. The van der Waals surface area contributed by atoms with Crippen molar-refractivity contribution in [2.45, 2.75) is 37.3 Å². The van der Waals surface area contributed by atoms with Crippen LogP contribution in [0, 0.1) is 0 Å². The average molecular weight is 238 g/mol. The molecule has 2 nitrogen and oxygen atoms in total. The van der Waals surface area contributed by atoms with Crippen molar-refractivity contribution in [1.82, 2.24) is 5.32 Å². The molecule has 0 aliphatic carbocycles. The molecule has 0 amide bonds. The minimum absolute atomic E-state index is 0. The Morgan fingerprint density at radius 2 is 1.81 bits per heavy atom. The first kappa shape index (κ1) is 11.6. The Balaban J connectivity index is 0.000000963. The molecule has 0 atom stereocenters. The van der Waals surface area contributed by atoms with Crippen LogP contribution in [0.2, 0.25) is 0 Å². The normalized spacial score (nSPS) is 31.1. The van der Waals surface area contributed by atoms with Crippen LogP contribution in [0.15, 0.2) is 30.3 Å². The molecule has 3 heteroatoms. The van der Waals surface area contributed by atoms with Gasteiger partial charge >= 0.3 is 0 Å². The number of ketones is 1. The largest absolute Gasteiger partial charge is 0.302 e. The summed E-state index contributed by atoms with van der Waals surface area (Å²) in [4.78, 5) is 12.4. The quantitative estimate of drug-likeness (QED) is 0.802. The number of hydrogen-bond donors (Lipinski definition) is 1. The van der Waals surface area contributed by atoms with E-state index in [0.29, 0.717) is 11.8 Å². The van der Waals surface area contributed by atoms with E-state index in [1.165, 1.54) is 12.8 Å². The second-order valence-corrected chi connectivity index (χ2v) is 4.70. The summed E-state index contributed by atoms with van der Waals surface area (Å²) < 4.78 is 0. The molecular weight excluding hydrogens is 222 g/mol. The van der Waals surface area contributed by atoms with Gasteiger partial charge in [-0.1, -0.05) is 30.3 Å². The van der Waals surface area contributed by atoms with E-state index in [1.807, 2.05) is 30.3 Å². The molecular formula is C13H16ClNO. The molecule has 2 saturated heterocycles. The van der Waals surface area contributed by atoms with Crippen LogP contribution in [-0.2, 0) is 0 Å². The summed E-state index contributed by atoms with van der Waals surface area (Å²) in [5.41, 5.74) is 0.638. The van der Waals surface area contributed by atoms with Crippen molar-refractivity contribution < 1.29 is 4.79 Å². The van der Waals surface area contributed by atoms with Crippen molar-refractivity contribution in [3.63, 3.8) is 0 Å². The maximum absolute atomic E-state index is 12.4. The molecule has 0 saturated carbocycles. The van der Waals surface area contributed by atoms with Gasteiger partial charge in [-0.2, -0.15) is 0 Å². The Morgan fingerprint density at radius 3 is 2.31 bits per heavy atom. The van der Waals surface area contributed by atoms with Gasteiger partial charge in [0.1, 0.15) is 0 Å². The van der Waals surface area contributed by atoms with Gasteiger partial charge in [0.05, 0.1) is 5.54 Å². The zero-order valence-corrected chi connectivity index (χ0v) is 9.93. The average Bonchev–Trinajstić information content (AvgIpc) is 2.90. The van der Waals surface area contributed by atoms with Gasteiger partial charge in [-0.25, -0.2) is 0 Å². The van der Waals surface area contributed by atoms with Gasteiger partial charge in [0, 0.05) is 11.6 Å². The lowest BCUT2D eigenvalue weighted by Crippen LogP contribution is -2.44. The lowest BCUT2D eigenvalue weighted by atomic mass is 9.82. The summed E-state index contributed by atoms with van der Waals surface area (Å²) in [5, 5.41) is 3.49. The van der Waals surface area contributed by atoms with Crippen LogP contribution in [0.1, 0.15) is 36.0 Å². The topological polar surface area (TPSA) is 29.1 Å². The summed E-state index contributed by atoms with van der Waals surface area (Å²) in [7, 11) is 0. The highest BCUT2D eigenvalue weighted by Crippen LogP contribution is 2.39. The van der Waals surface area contributed by atoms with E-state index in [1.54, 1.807) is 0 Å². The molecule has 0 aromatic heterocycles. The number of hydrogen-bond acceptors (Lipinski definition) is 2. The van der Waals surface area contributed by atoms with Crippen molar-refractivity contribution in [1.29, 1.82) is 0 Å². The van der Waals surface area contributed by atoms with Crippen LogP contribution in [0.4, 0.5) is 0 Å². The van der Waals surface area contributed by atoms with Crippen molar-refractivity contribution >= 4 is 18.2 Å². The molecule has 1 aromatic rings. The molecule has 2 aliphatic heterocycles. The van der Waals surface area contributed by atoms with Gasteiger partial charge in [0.15, 0.2) is 5.78 Å². The van der Waals surface area contributed by atoms with Gasteiger partial charge in [0.25, 0.3) is 0 Å². The summed E-state index contributed by atoms with van der Waals surface area (Å²) in [6, 6.07) is 10.3. The number of carbonyl (C=O) groups is 1. The fourth-order valence-corrected chi connectivity index (χ4v) is 2.95. The van der Waals surface area contributed by atoms with Gasteiger partial charge in [-0.15, -0.1) is 12.4 Å². The first-order valence-electron chi connectivity index (χ1n) is 5.68. The van der Waals surface area contributed by atoms with Crippen LogP contribution in [0.25, 0.3) is 0 Å². The highest BCUT2D eigenvalue weighted by atomic mass is 35.5. The van der Waals surface area contributed by atoms with Gasteiger partial charge in [0.2, 0.25) is 0 Å². The Labute approximate surface area is 102 Å². The van der Waals surface area contributed by atoms with Crippen LogP contribution in [-0.4, -0.2) is 17.4 Å². The zero-order chi connectivity index (χ0) is 10.3. The lowest BCUT2D eigenvalue weighted by Gasteiger charge is -2.24. The van der Waals surface area contributed by atoms with Crippen LogP contribution in [0.5, 0.6) is 0 Å².